The topological polar surface area (TPSA) is 72.2 Å². The number of nitrogens with zero attached hydrogens (tertiary/aromatic N) is 4. The zero-order valence-electron chi connectivity index (χ0n) is 12.6. The molecular weight excluding hydrogens is 348 g/mol. The molecule has 0 aliphatic carbocycles. The van der Waals surface area contributed by atoms with E-state index in [-0.39, 0.29) is 15.9 Å². The lowest BCUT2D eigenvalue weighted by Gasteiger charge is -2.18. The first-order valence-electron chi connectivity index (χ1n) is 7.58. The van der Waals surface area contributed by atoms with Crippen LogP contribution in [-0.4, -0.2) is 28.0 Å². The fraction of sp³-hybridized carbons (Fsp3) is 0.250. The van der Waals surface area contributed by atoms with E-state index in [2.05, 4.69) is 14.9 Å². The number of benzene rings is 1. The number of anilines is 1. The molecule has 2 aromatic heterocycles. The van der Waals surface area contributed by atoms with Crippen LogP contribution in [0, 0.1) is 10.1 Å². The van der Waals surface area contributed by atoms with Crippen molar-refractivity contribution in [3.8, 4) is 11.1 Å². The molecule has 3 heterocycles. The van der Waals surface area contributed by atoms with Gasteiger partial charge >= 0.3 is 0 Å². The summed E-state index contributed by atoms with van der Waals surface area (Å²) in [5, 5.41) is 14.2. The highest BCUT2D eigenvalue weighted by molar-refractivity contribution is 7.17. The number of aromatic nitrogens is 2. The third-order valence-corrected chi connectivity index (χ3v) is 5.20. The van der Waals surface area contributed by atoms with E-state index >= 15 is 0 Å². The molecule has 0 radical (unpaired) electrons. The molecule has 1 aliphatic heterocycles. The van der Waals surface area contributed by atoms with Crippen LogP contribution < -0.4 is 4.90 Å². The van der Waals surface area contributed by atoms with Gasteiger partial charge in [-0.15, -0.1) is 11.3 Å². The van der Waals surface area contributed by atoms with Crippen LogP contribution in [0.3, 0.4) is 0 Å². The van der Waals surface area contributed by atoms with Crippen LogP contribution in [0.4, 0.5) is 11.5 Å². The second-order valence-electron chi connectivity index (χ2n) is 5.65. The SMILES string of the molecule is O=[N+]([O-])c1cccc(-c2csc3nc(Cl)nc(N4CCCC4)c23)c1. The summed E-state index contributed by atoms with van der Waals surface area (Å²) < 4.78 is 0. The summed E-state index contributed by atoms with van der Waals surface area (Å²) in [5.41, 5.74) is 1.78. The molecule has 3 aromatic rings. The summed E-state index contributed by atoms with van der Waals surface area (Å²) in [6.45, 7) is 1.87. The zero-order valence-corrected chi connectivity index (χ0v) is 14.2. The van der Waals surface area contributed by atoms with Crippen molar-refractivity contribution in [3.63, 3.8) is 0 Å². The lowest BCUT2D eigenvalue weighted by atomic mass is 10.1. The number of hydrogen-bond acceptors (Lipinski definition) is 6. The summed E-state index contributed by atoms with van der Waals surface area (Å²) >= 11 is 7.57. The first-order chi connectivity index (χ1) is 11.6. The Morgan fingerprint density at radius 3 is 2.79 bits per heavy atom. The maximum Gasteiger partial charge on any atom is 0.270 e. The van der Waals surface area contributed by atoms with Gasteiger partial charge in [0, 0.05) is 36.2 Å². The van der Waals surface area contributed by atoms with Crippen molar-refractivity contribution in [1.29, 1.82) is 0 Å². The van der Waals surface area contributed by atoms with Gasteiger partial charge in [0.2, 0.25) is 5.28 Å². The van der Waals surface area contributed by atoms with Crippen molar-refractivity contribution in [1.82, 2.24) is 9.97 Å². The average molecular weight is 361 g/mol. The van der Waals surface area contributed by atoms with Gasteiger partial charge in [0.25, 0.3) is 5.69 Å². The summed E-state index contributed by atoms with van der Waals surface area (Å²) in [6.07, 6.45) is 2.25. The zero-order chi connectivity index (χ0) is 16.7. The van der Waals surface area contributed by atoms with Gasteiger partial charge < -0.3 is 4.90 Å². The molecule has 24 heavy (non-hydrogen) atoms. The predicted octanol–water partition coefficient (Wildman–Crippen LogP) is 4.52. The summed E-state index contributed by atoms with van der Waals surface area (Å²) in [5.74, 6) is 0.824. The first-order valence-corrected chi connectivity index (χ1v) is 8.84. The molecular formula is C16H13ClN4O2S. The van der Waals surface area contributed by atoms with Gasteiger partial charge in [-0.1, -0.05) is 12.1 Å². The van der Waals surface area contributed by atoms with Crippen LogP contribution in [-0.2, 0) is 0 Å². The Hall–Kier alpha value is -2.25. The Kier molecular flexibility index (Phi) is 3.82. The van der Waals surface area contributed by atoms with Gasteiger partial charge in [-0.05, 0) is 30.0 Å². The van der Waals surface area contributed by atoms with Crippen molar-refractivity contribution in [3.05, 3.63) is 45.0 Å². The fourth-order valence-electron chi connectivity index (χ4n) is 3.06. The third-order valence-electron chi connectivity index (χ3n) is 4.16. The molecule has 0 unspecified atom stereocenters. The van der Waals surface area contributed by atoms with Crippen LogP contribution >= 0.6 is 22.9 Å². The molecule has 1 aromatic carbocycles. The van der Waals surface area contributed by atoms with E-state index in [1.165, 1.54) is 17.4 Å². The number of hydrogen-bond donors (Lipinski definition) is 0. The molecule has 0 amide bonds. The molecule has 1 aliphatic rings. The molecule has 0 N–H and O–H groups in total. The third kappa shape index (κ3) is 2.59. The summed E-state index contributed by atoms with van der Waals surface area (Å²) in [4.78, 5) is 22.5. The summed E-state index contributed by atoms with van der Waals surface area (Å²) in [7, 11) is 0. The summed E-state index contributed by atoms with van der Waals surface area (Å²) in [6, 6.07) is 6.65. The molecule has 1 saturated heterocycles. The van der Waals surface area contributed by atoms with Crippen molar-refractivity contribution >= 4 is 44.7 Å². The fourth-order valence-corrected chi connectivity index (χ4v) is 4.21. The molecule has 0 spiro atoms. The number of halogens is 1. The van der Waals surface area contributed by atoms with Gasteiger partial charge in [0.15, 0.2) is 0 Å². The van der Waals surface area contributed by atoms with Crippen LogP contribution in [0.15, 0.2) is 29.6 Å². The molecule has 122 valence electrons. The van der Waals surface area contributed by atoms with Gasteiger partial charge in [0.1, 0.15) is 10.6 Å². The van der Waals surface area contributed by atoms with E-state index in [1.54, 1.807) is 12.1 Å². The largest absolute Gasteiger partial charge is 0.356 e. The van der Waals surface area contributed by atoms with Crippen molar-refractivity contribution < 1.29 is 4.92 Å². The van der Waals surface area contributed by atoms with Crippen LogP contribution in [0.25, 0.3) is 21.3 Å². The Bertz CT molecular complexity index is 937. The van der Waals surface area contributed by atoms with Gasteiger partial charge in [-0.3, -0.25) is 10.1 Å². The number of rotatable bonds is 3. The maximum absolute atomic E-state index is 11.1. The quantitative estimate of drug-likeness (QED) is 0.390. The van der Waals surface area contributed by atoms with Gasteiger partial charge in [-0.2, -0.15) is 4.98 Å². The van der Waals surface area contributed by atoms with Gasteiger partial charge in [0.05, 0.1) is 10.3 Å². The van der Waals surface area contributed by atoms with E-state index in [1.807, 2.05) is 11.4 Å². The lowest BCUT2D eigenvalue weighted by Crippen LogP contribution is -2.19. The van der Waals surface area contributed by atoms with Gasteiger partial charge in [-0.25, -0.2) is 4.98 Å². The molecule has 1 fully saturated rings. The van der Waals surface area contributed by atoms with Crippen LogP contribution in [0.5, 0.6) is 0 Å². The molecule has 0 atom stereocenters. The number of fused-ring (bicyclic) bond motifs is 1. The highest BCUT2D eigenvalue weighted by Gasteiger charge is 2.22. The second-order valence-corrected chi connectivity index (χ2v) is 6.84. The highest BCUT2D eigenvalue weighted by Crippen LogP contribution is 2.40. The van der Waals surface area contributed by atoms with Crippen molar-refractivity contribution in [2.24, 2.45) is 0 Å². The second kappa shape index (κ2) is 5.99. The lowest BCUT2D eigenvalue weighted by molar-refractivity contribution is -0.384. The molecule has 6 nitrogen and oxygen atoms in total. The van der Waals surface area contributed by atoms with E-state index in [4.69, 9.17) is 11.6 Å². The Labute approximate surface area is 146 Å². The minimum Gasteiger partial charge on any atom is -0.356 e. The smallest absolute Gasteiger partial charge is 0.270 e. The standard InChI is InChI=1S/C16H13ClN4O2S/c17-16-18-14(20-6-1-2-7-20)13-12(9-24-15(13)19-16)10-4-3-5-11(8-10)21(22)23/h3-5,8-9H,1-2,6-7H2. The normalized spacial score (nSPS) is 14.5. The number of nitro benzene ring substituents is 1. The molecule has 8 heteroatoms. The first kappa shape index (κ1) is 15.3. The number of non-ortho nitro benzene ring substituents is 1. The molecule has 0 bridgehead atoms. The highest BCUT2D eigenvalue weighted by atomic mass is 35.5. The minimum absolute atomic E-state index is 0.0736. The van der Waals surface area contributed by atoms with E-state index in [0.29, 0.717) is 0 Å². The average Bonchev–Trinajstić information content (AvgIpc) is 3.23. The van der Waals surface area contributed by atoms with E-state index in [9.17, 15) is 10.1 Å². The Balaban J connectivity index is 1.93. The van der Waals surface area contributed by atoms with Crippen LogP contribution in [0.2, 0.25) is 5.28 Å². The van der Waals surface area contributed by atoms with E-state index < -0.39 is 0 Å². The molecule has 4 rings (SSSR count). The monoisotopic (exact) mass is 360 g/mol. The predicted molar refractivity (Wildman–Crippen MR) is 96.0 cm³/mol. The minimum atomic E-state index is -0.382. The van der Waals surface area contributed by atoms with Crippen molar-refractivity contribution in [2.75, 3.05) is 18.0 Å². The Morgan fingerprint density at radius 1 is 1.25 bits per heavy atom. The maximum atomic E-state index is 11.1. The van der Waals surface area contributed by atoms with Crippen LogP contribution in [0.1, 0.15) is 12.8 Å². The van der Waals surface area contributed by atoms with Crippen molar-refractivity contribution in [2.45, 2.75) is 12.8 Å². The van der Waals surface area contributed by atoms with E-state index in [0.717, 1.165) is 53.1 Å². The number of nitro groups is 1. The molecule has 0 saturated carbocycles. The Morgan fingerprint density at radius 2 is 2.04 bits per heavy atom. The number of thiophene rings is 1.